The molecule has 0 aliphatic carbocycles. The Bertz CT molecular complexity index is 768. The van der Waals surface area contributed by atoms with Gasteiger partial charge in [0.25, 0.3) is 0 Å². The van der Waals surface area contributed by atoms with Gasteiger partial charge in [-0.25, -0.2) is 4.98 Å². The molecule has 2 N–H and O–H groups in total. The van der Waals surface area contributed by atoms with E-state index >= 15 is 0 Å². The number of rotatable bonds is 4. The van der Waals surface area contributed by atoms with Gasteiger partial charge in [-0.3, -0.25) is 0 Å². The van der Waals surface area contributed by atoms with E-state index in [9.17, 15) is 0 Å². The molecule has 1 aromatic heterocycles. The van der Waals surface area contributed by atoms with Crippen molar-refractivity contribution >= 4 is 28.4 Å². The molecule has 1 fully saturated rings. The zero-order valence-electron chi connectivity index (χ0n) is 14.1. The molecule has 0 spiro atoms. The largest absolute Gasteiger partial charge is 0.493 e. The Labute approximate surface area is 140 Å². The fraction of sp³-hybridized carbons (Fsp3) is 0.438. The lowest BCUT2D eigenvalue weighted by Crippen LogP contribution is -2.35. The molecule has 0 atom stereocenters. The first-order valence-corrected chi connectivity index (χ1v) is 7.69. The van der Waals surface area contributed by atoms with Crippen LogP contribution in [0.4, 0.5) is 11.8 Å². The summed E-state index contributed by atoms with van der Waals surface area (Å²) >= 11 is 0. The molecule has 2 aromatic rings. The van der Waals surface area contributed by atoms with Crippen molar-refractivity contribution < 1.29 is 14.3 Å². The molecule has 1 saturated heterocycles. The summed E-state index contributed by atoms with van der Waals surface area (Å²) in [7, 11) is 4.74. The lowest BCUT2D eigenvalue weighted by Gasteiger charge is -2.27. The molecule has 1 aliphatic heterocycles. The molecule has 0 unspecified atom stereocenters. The van der Waals surface area contributed by atoms with Crippen molar-refractivity contribution in [3.63, 3.8) is 0 Å². The highest BCUT2D eigenvalue weighted by atomic mass is 16.6. The number of aromatic nitrogens is 2. The van der Waals surface area contributed by atoms with Crippen LogP contribution < -0.4 is 20.1 Å². The molecular weight excluding hydrogens is 310 g/mol. The first kappa shape index (κ1) is 16.1. The van der Waals surface area contributed by atoms with Gasteiger partial charge < -0.3 is 24.9 Å². The maximum atomic E-state index is 6.14. The van der Waals surface area contributed by atoms with Crippen molar-refractivity contribution in [2.45, 2.75) is 12.8 Å². The van der Waals surface area contributed by atoms with E-state index in [-0.39, 0.29) is 0 Å². The Hall–Kier alpha value is -2.77. The minimum absolute atomic E-state index is 0.423. The molecule has 1 aliphatic rings. The van der Waals surface area contributed by atoms with Gasteiger partial charge in [-0.1, -0.05) is 5.16 Å². The highest BCUT2D eigenvalue weighted by Gasteiger charge is 2.20. The van der Waals surface area contributed by atoms with Crippen LogP contribution in [0.2, 0.25) is 0 Å². The second-order valence-corrected chi connectivity index (χ2v) is 5.46. The number of nitrogen functional groups attached to an aromatic ring is 1. The minimum Gasteiger partial charge on any atom is -0.493 e. The summed E-state index contributed by atoms with van der Waals surface area (Å²) in [5, 5.41) is 4.76. The number of methoxy groups -OCH3 is 2. The predicted octanol–water partition coefficient (Wildman–Crippen LogP) is 1.83. The molecule has 3 rings (SSSR count). The van der Waals surface area contributed by atoms with Crippen LogP contribution in [0.5, 0.6) is 11.5 Å². The van der Waals surface area contributed by atoms with Crippen LogP contribution in [0.25, 0.3) is 10.9 Å². The molecule has 0 amide bonds. The Balaban J connectivity index is 1.94. The fourth-order valence-corrected chi connectivity index (χ4v) is 2.79. The summed E-state index contributed by atoms with van der Waals surface area (Å²) in [6, 6.07) is 3.62. The third-order valence-corrected chi connectivity index (χ3v) is 4.06. The zero-order valence-corrected chi connectivity index (χ0v) is 14.1. The molecule has 8 heteroatoms. The zero-order chi connectivity index (χ0) is 17.1. The maximum Gasteiger partial charge on any atom is 0.227 e. The van der Waals surface area contributed by atoms with Crippen molar-refractivity contribution in [3.05, 3.63) is 12.1 Å². The second-order valence-electron chi connectivity index (χ2n) is 5.46. The van der Waals surface area contributed by atoms with Gasteiger partial charge in [-0.2, -0.15) is 4.98 Å². The summed E-state index contributed by atoms with van der Waals surface area (Å²) in [6.45, 7) is 1.56. The SMILES string of the molecule is CON=C1CCN(c2nc(N)c3cc(OC)c(OC)cc3n2)CC1. The number of hydrogen-bond acceptors (Lipinski definition) is 8. The molecule has 2 heterocycles. The summed E-state index contributed by atoms with van der Waals surface area (Å²) in [6.07, 6.45) is 1.64. The number of fused-ring (bicyclic) bond motifs is 1. The first-order valence-electron chi connectivity index (χ1n) is 7.69. The van der Waals surface area contributed by atoms with Crippen LogP contribution in [-0.4, -0.2) is 50.1 Å². The Kier molecular flexibility index (Phi) is 4.54. The molecule has 0 radical (unpaired) electrons. The van der Waals surface area contributed by atoms with Gasteiger partial charge in [0, 0.05) is 37.4 Å². The topological polar surface area (TPSA) is 95.1 Å². The van der Waals surface area contributed by atoms with Crippen molar-refractivity contribution in [1.29, 1.82) is 0 Å². The van der Waals surface area contributed by atoms with Crippen LogP contribution in [0.1, 0.15) is 12.8 Å². The van der Waals surface area contributed by atoms with Gasteiger partial charge >= 0.3 is 0 Å². The Morgan fingerprint density at radius 3 is 2.33 bits per heavy atom. The van der Waals surface area contributed by atoms with Crippen molar-refractivity contribution in [1.82, 2.24) is 9.97 Å². The van der Waals surface area contributed by atoms with E-state index in [2.05, 4.69) is 20.0 Å². The van der Waals surface area contributed by atoms with E-state index in [1.165, 1.54) is 0 Å². The highest BCUT2D eigenvalue weighted by molar-refractivity contribution is 5.92. The van der Waals surface area contributed by atoms with E-state index in [0.717, 1.165) is 42.5 Å². The smallest absolute Gasteiger partial charge is 0.227 e. The van der Waals surface area contributed by atoms with Gasteiger partial charge in [0.2, 0.25) is 5.95 Å². The van der Waals surface area contributed by atoms with Crippen LogP contribution in [-0.2, 0) is 4.84 Å². The molecule has 0 bridgehead atoms. The maximum absolute atomic E-state index is 6.14. The molecule has 8 nitrogen and oxygen atoms in total. The number of oxime groups is 1. The van der Waals surface area contributed by atoms with Crippen molar-refractivity contribution in [2.24, 2.45) is 5.16 Å². The molecular formula is C16H21N5O3. The van der Waals surface area contributed by atoms with E-state index < -0.39 is 0 Å². The van der Waals surface area contributed by atoms with Crippen LogP contribution in [0.15, 0.2) is 17.3 Å². The third kappa shape index (κ3) is 2.99. The number of nitrogens with zero attached hydrogens (tertiary/aromatic N) is 4. The standard InChI is InChI=1S/C16H21N5O3/c1-22-13-8-11-12(9-14(13)23-2)18-16(19-15(11)17)21-6-4-10(5-7-21)20-24-3/h8-9H,4-7H2,1-3H3,(H2,17,18,19). The van der Waals surface area contributed by atoms with Crippen LogP contribution in [0.3, 0.4) is 0 Å². The third-order valence-electron chi connectivity index (χ3n) is 4.06. The average molecular weight is 331 g/mol. The first-order chi connectivity index (χ1) is 11.7. The highest BCUT2D eigenvalue weighted by Crippen LogP contribution is 2.34. The monoisotopic (exact) mass is 331 g/mol. The van der Waals surface area contributed by atoms with Gasteiger partial charge in [0.1, 0.15) is 12.9 Å². The average Bonchev–Trinajstić information content (AvgIpc) is 2.61. The fourth-order valence-electron chi connectivity index (χ4n) is 2.79. The van der Waals surface area contributed by atoms with Crippen molar-refractivity contribution in [2.75, 3.05) is 45.1 Å². The van der Waals surface area contributed by atoms with E-state index in [1.54, 1.807) is 27.4 Å². The van der Waals surface area contributed by atoms with Crippen LogP contribution in [0, 0.1) is 0 Å². The normalized spacial score (nSPS) is 14.6. The van der Waals surface area contributed by atoms with Gasteiger partial charge in [0.15, 0.2) is 11.5 Å². The number of hydrogen-bond donors (Lipinski definition) is 1. The second kappa shape index (κ2) is 6.77. The number of anilines is 2. The number of ether oxygens (including phenoxy) is 2. The summed E-state index contributed by atoms with van der Waals surface area (Å²) in [4.78, 5) is 16.0. The number of nitrogens with two attached hydrogens (primary N) is 1. The molecule has 1 aromatic carbocycles. The van der Waals surface area contributed by atoms with Crippen LogP contribution >= 0.6 is 0 Å². The summed E-state index contributed by atoms with van der Waals surface area (Å²) in [5.74, 6) is 2.25. The Morgan fingerprint density at radius 2 is 1.71 bits per heavy atom. The van der Waals surface area contributed by atoms with E-state index in [1.807, 2.05) is 6.07 Å². The number of benzene rings is 1. The van der Waals surface area contributed by atoms with Gasteiger partial charge in [-0.15, -0.1) is 0 Å². The molecule has 0 saturated carbocycles. The molecule has 24 heavy (non-hydrogen) atoms. The molecule has 128 valence electrons. The predicted molar refractivity (Wildman–Crippen MR) is 92.9 cm³/mol. The number of piperidine rings is 1. The lowest BCUT2D eigenvalue weighted by atomic mass is 10.1. The van der Waals surface area contributed by atoms with Gasteiger partial charge in [0.05, 0.1) is 25.4 Å². The van der Waals surface area contributed by atoms with Crippen molar-refractivity contribution in [3.8, 4) is 11.5 Å². The Morgan fingerprint density at radius 1 is 1.04 bits per heavy atom. The quantitative estimate of drug-likeness (QED) is 0.854. The van der Waals surface area contributed by atoms with E-state index in [4.69, 9.17) is 20.0 Å². The van der Waals surface area contributed by atoms with E-state index in [0.29, 0.717) is 23.3 Å². The summed E-state index contributed by atoms with van der Waals surface area (Å²) < 4.78 is 10.7. The summed E-state index contributed by atoms with van der Waals surface area (Å²) in [5.41, 5.74) is 7.91. The minimum atomic E-state index is 0.423. The lowest BCUT2D eigenvalue weighted by molar-refractivity contribution is 0.211. The van der Waals surface area contributed by atoms with Gasteiger partial charge in [-0.05, 0) is 6.07 Å².